The molecule has 1 fully saturated rings. The molecule has 31 heavy (non-hydrogen) atoms. The van der Waals surface area contributed by atoms with Gasteiger partial charge in [-0.3, -0.25) is 9.59 Å². The third-order valence-corrected chi connectivity index (χ3v) is 5.18. The summed E-state index contributed by atoms with van der Waals surface area (Å²) in [6.07, 6.45) is -1.29. The molecule has 1 saturated heterocycles. The molecule has 0 aliphatic carbocycles. The number of furan rings is 1. The second-order valence-electron chi connectivity index (χ2n) is 7.50. The average Bonchev–Trinajstić information content (AvgIpc) is 3.40. The van der Waals surface area contributed by atoms with Crippen LogP contribution in [0.5, 0.6) is 0 Å². The number of amides is 2. The number of rotatable bonds is 8. The van der Waals surface area contributed by atoms with Crippen LogP contribution in [0.3, 0.4) is 0 Å². The zero-order valence-electron chi connectivity index (χ0n) is 17.2. The molecule has 1 aliphatic rings. The number of carbonyl (C=O) groups excluding carboxylic acids is 2. The van der Waals surface area contributed by atoms with Crippen LogP contribution in [0.15, 0.2) is 41.0 Å². The van der Waals surface area contributed by atoms with E-state index < -0.39 is 11.7 Å². The number of alkyl halides is 3. The molecule has 0 spiro atoms. The van der Waals surface area contributed by atoms with Gasteiger partial charge in [-0.25, -0.2) is 0 Å². The highest BCUT2D eigenvalue weighted by Crippen LogP contribution is 2.29. The molecule has 9 heteroatoms. The minimum Gasteiger partial charge on any atom is -0.469 e. The second kappa shape index (κ2) is 10.00. The summed E-state index contributed by atoms with van der Waals surface area (Å²) in [5.41, 5.74) is 0.0231. The number of carbonyl (C=O) groups is 2. The fourth-order valence-electron chi connectivity index (χ4n) is 3.47. The number of hydrogen-bond donors (Lipinski definition) is 1. The smallest absolute Gasteiger partial charge is 0.416 e. The Labute approximate surface area is 178 Å². The van der Waals surface area contributed by atoms with E-state index in [0.29, 0.717) is 30.0 Å². The number of halogens is 3. The lowest BCUT2D eigenvalue weighted by atomic mass is 10.1. The summed E-state index contributed by atoms with van der Waals surface area (Å²) in [4.78, 5) is 26.8. The second-order valence-corrected chi connectivity index (χ2v) is 7.50. The maximum Gasteiger partial charge on any atom is 0.416 e. The molecule has 1 atom stereocenters. The first kappa shape index (κ1) is 22.9. The van der Waals surface area contributed by atoms with Gasteiger partial charge in [0.15, 0.2) is 0 Å². The van der Waals surface area contributed by atoms with Gasteiger partial charge in [0.25, 0.3) is 5.91 Å². The van der Waals surface area contributed by atoms with Crippen molar-refractivity contribution in [3.63, 3.8) is 0 Å². The van der Waals surface area contributed by atoms with Crippen molar-refractivity contribution >= 4 is 11.8 Å². The third kappa shape index (κ3) is 6.33. The number of benzene rings is 1. The van der Waals surface area contributed by atoms with Crippen molar-refractivity contribution in [2.75, 3.05) is 19.7 Å². The minimum atomic E-state index is -4.44. The quantitative estimate of drug-likeness (QED) is 0.678. The van der Waals surface area contributed by atoms with Gasteiger partial charge >= 0.3 is 6.18 Å². The molecule has 1 aromatic heterocycles. The highest BCUT2D eigenvalue weighted by atomic mass is 19.4. The van der Waals surface area contributed by atoms with E-state index >= 15 is 0 Å². The summed E-state index contributed by atoms with van der Waals surface area (Å²) < 4.78 is 49.3. The molecule has 1 aromatic carbocycles. The maximum absolute atomic E-state index is 12.9. The molecule has 0 bridgehead atoms. The Morgan fingerprint density at radius 2 is 2.06 bits per heavy atom. The van der Waals surface area contributed by atoms with Gasteiger partial charge in [-0.05, 0) is 43.5 Å². The molecule has 1 unspecified atom stereocenters. The summed E-state index contributed by atoms with van der Waals surface area (Å²) in [6.45, 7) is 2.85. The number of ether oxygens (including phenoxy) is 1. The van der Waals surface area contributed by atoms with Crippen molar-refractivity contribution in [1.29, 1.82) is 0 Å². The standard InChI is InChI=1S/C22H25F3N2O4/c1-15-19(8-11-30-15)21(29)27(14-18-6-3-10-31-18)9-7-20(28)26-13-16-4-2-5-17(12-16)22(23,24)25/h2,4-5,8,11-12,18H,3,6-7,9-10,13-14H2,1H3,(H,26,28). The Balaban J connectivity index is 1.57. The Morgan fingerprint density at radius 3 is 2.71 bits per heavy atom. The highest BCUT2D eigenvalue weighted by molar-refractivity contribution is 5.95. The third-order valence-electron chi connectivity index (χ3n) is 5.18. The molecule has 168 valence electrons. The first-order valence-corrected chi connectivity index (χ1v) is 10.1. The molecule has 2 heterocycles. The SMILES string of the molecule is Cc1occc1C(=O)N(CCC(=O)NCc1cccc(C(F)(F)F)c1)CC1CCCO1. The molecule has 0 saturated carbocycles. The van der Waals surface area contributed by atoms with Gasteiger partial charge in [0.2, 0.25) is 5.91 Å². The number of aryl methyl sites for hydroxylation is 1. The summed E-state index contributed by atoms with van der Waals surface area (Å²) in [7, 11) is 0. The van der Waals surface area contributed by atoms with Crippen LogP contribution in [0.2, 0.25) is 0 Å². The molecular formula is C22H25F3N2O4. The fraction of sp³-hybridized carbons (Fsp3) is 0.455. The first-order chi connectivity index (χ1) is 14.7. The van der Waals surface area contributed by atoms with E-state index in [0.717, 1.165) is 25.0 Å². The number of hydrogen-bond acceptors (Lipinski definition) is 4. The fourth-order valence-corrected chi connectivity index (χ4v) is 3.47. The summed E-state index contributed by atoms with van der Waals surface area (Å²) in [5, 5.41) is 2.62. The molecule has 0 radical (unpaired) electrons. The lowest BCUT2D eigenvalue weighted by Gasteiger charge is -2.25. The van der Waals surface area contributed by atoms with E-state index in [4.69, 9.17) is 9.15 Å². The van der Waals surface area contributed by atoms with E-state index in [9.17, 15) is 22.8 Å². The monoisotopic (exact) mass is 438 g/mol. The van der Waals surface area contributed by atoms with Crippen LogP contribution in [0.25, 0.3) is 0 Å². The van der Waals surface area contributed by atoms with Crippen molar-refractivity contribution in [3.05, 3.63) is 59.0 Å². The Kier molecular flexibility index (Phi) is 7.37. The summed E-state index contributed by atoms with van der Waals surface area (Å²) in [6, 6.07) is 6.41. The Hall–Kier alpha value is -2.81. The van der Waals surface area contributed by atoms with Crippen molar-refractivity contribution in [2.24, 2.45) is 0 Å². The molecule has 1 N–H and O–H groups in total. The zero-order chi connectivity index (χ0) is 22.4. The lowest BCUT2D eigenvalue weighted by Crippen LogP contribution is -2.40. The van der Waals surface area contributed by atoms with E-state index in [2.05, 4.69) is 5.32 Å². The average molecular weight is 438 g/mol. The largest absolute Gasteiger partial charge is 0.469 e. The van der Waals surface area contributed by atoms with Crippen LogP contribution in [-0.2, 0) is 22.3 Å². The molecule has 1 aliphatic heterocycles. The van der Waals surface area contributed by atoms with Crippen molar-refractivity contribution in [3.8, 4) is 0 Å². The first-order valence-electron chi connectivity index (χ1n) is 10.1. The lowest BCUT2D eigenvalue weighted by molar-refractivity contribution is -0.137. The van der Waals surface area contributed by atoms with Gasteiger partial charge in [0.05, 0.1) is 23.5 Å². The van der Waals surface area contributed by atoms with Crippen LogP contribution in [0.1, 0.15) is 46.5 Å². The van der Waals surface area contributed by atoms with Crippen LogP contribution < -0.4 is 5.32 Å². The maximum atomic E-state index is 12.9. The molecule has 6 nitrogen and oxygen atoms in total. The van der Waals surface area contributed by atoms with Crippen LogP contribution >= 0.6 is 0 Å². The van der Waals surface area contributed by atoms with E-state index in [1.165, 1.54) is 18.4 Å². The van der Waals surface area contributed by atoms with E-state index in [-0.39, 0.29) is 37.4 Å². The Bertz CT molecular complexity index is 904. The molecule has 2 aromatic rings. The number of nitrogens with one attached hydrogen (secondary N) is 1. The zero-order valence-corrected chi connectivity index (χ0v) is 17.2. The van der Waals surface area contributed by atoms with Gasteiger partial charge in [0.1, 0.15) is 5.76 Å². The van der Waals surface area contributed by atoms with Crippen molar-refractivity contribution < 1.29 is 31.9 Å². The summed E-state index contributed by atoms with van der Waals surface area (Å²) in [5.74, 6) is -0.102. The molecule has 2 amide bonds. The van der Waals surface area contributed by atoms with E-state index in [1.807, 2.05) is 0 Å². The van der Waals surface area contributed by atoms with Crippen LogP contribution in [0, 0.1) is 6.92 Å². The molecule has 3 rings (SSSR count). The highest BCUT2D eigenvalue weighted by Gasteiger charge is 2.30. The van der Waals surface area contributed by atoms with Crippen molar-refractivity contribution in [2.45, 2.75) is 45.0 Å². The van der Waals surface area contributed by atoms with Gasteiger partial charge in [-0.15, -0.1) is 0 Å². The summed E-state index contributed by atoms with van der Waals surface area (Å²) >= 11 is 0. The number of nitrogens with zero attached hydrogens (tertiary/aromatic N) is 1. The van der Waals surface area contributed by atoms with Gasteiger partial charge in [0, 0.05) is 32.7 Å². The molecular weight excluding hydrogens is 413 g/mol. The van der Waals surface area contributed by atoms with Gasteiger partial charge < -0.3 is 19.4 Å². The van der Waals surface area contributed by atoms with E-state index in [1.54, 1.807) is 17.9 Å². The van der Waals surface area contributed by atoms with Crippen molar-refractivity contribution in [1.82, 2.24) is 10.2 Å². The van der Waals surface area contributed by atoms with Gasteiger partial charge in [-0.1, -0.05) is 12.1 Å². The Morgan fingerprint density at radius 1 is 1.26 bits per heavy atom. The van der Waals surface area contributed by atoms with Crippen LogP contribution in [0.4, 0.5) is 13.2 Å². The van der Waals surface area contributed by atoms with Gasteiger partial charge in [-0.2, -0.15) is 13.2 Å². The normalized spacial score (nSPS) is 16.3. The topological polar surface area (TPSA) is 71.8 Å². The minimum absolute atomic E-state index is 0.0221. The predicted molar refractivity (Wildman–Crippen MR) is 106 cm³/mol. The van der Waals surface area contributed by atoms with Crippen LogP contribution in [-0.4, -0.2) is 42.5 Å². The predicted octanol–water partition coefficient (Wildman–Crippen LogP) is 3.93.